The third-order valence-electron chi connectivity index (χ3n) is 5.87. The number of aromatic nitrogens is 3. The molecule has 2 aromatic heterocycles. The Labute approximate surface area is 232 Å². The van der Waals surface area contributed by atoms with Crippen molar-refractivity contribution >= 4 is 56.7 Å². The zero-order chi connectivity index (χ0) is 23.1. The predicted molar refractivity (Wildman–Crippen MR) is 130 cm³/mol. The van der Waals surface area contributed by atoms with Crippen LogP contribution in [0.5, 0.6) is 0 Å². The quantitative estimate of drug-likeness (QED) is 0.240. The minimum atomic E-state index is -1.80. The summed E-state index contributed by atoms with van der Waals surface area (Å²) in [4.78, 5) is 8.86. The summed E-state index contributed by atoms with van der Waals surface area (Å²) >= 11 is 11.9. The molecule has 1 aliphatic rings. The van der Waals surface area contributed by atoms with Crippen molar-refractivity contribution in [3.05, 3.63) is 64.8 Å². The maximum Gasteiger partial charge on any atom is 0.147 e. The predicted octanol–water partition coefficient (Wildman–Crippen LogP) is 6.18. The van der Waals surface area contributed by atoms with Gasteiger partial charge in [0, 0.05) is 48.9 Å². The topological polar surface area (TPSA) is 85.8 Å². The molecule has 6 nitrogen and oxygen atoms in total. The molecular weight excluding hydrogens is 722 g/mol. The van der Waals surface area contributed by atoms with Crippen molar-refractivity contribution < 1.29 is 39.7 Å². The van der Waals surface area contributed by atoms with Crippen molar-refractivity contribution in [2.75, 3.05) is 10.5 Å². The zero-order valence-corrected chi connectivity index (χ0v) is 24.3. The van der Waals surface area contributed by atoms with Crippen molar-refractivity contribution in [2.45, 2.75) is 36.6 Å². The molecule has 1 fully saturated rings. The number of nitrogen functional groups attached to an aromatic ring is 1. The second-order valence-corrected chi connectivity index (χ2v) is 9.90. The van der Waals surface area contributed by atoms with Gasteiger partial charge in [-0.1, -0.05) is 23.9 Å². The Morgan fingerprint density at radius 1 is 1.21 bits per heavy atom. The van der Waals surface area contributed by atoms with E-state index in [1.807, 2.05) is 6.20 Å². The third kappa shape index (κ3) is 4.87. The van der Waals surface area contributed by atoms with E-state index in [1.54, 1.807) is 6.07 Å². The van der Waals surface area contributed by atoms with Crippen LogP contribution in [0.25, 0.3) is 22.2 Å². The molecule has 34 heavy (non-hydrogen) atoms. The van der Waals surface area contributed by atoms with Gasteiger partial charge >= 0.3 is 0 Å². The summed E-state index contributed by atoms with van der Waals surface area (Å²) in [7, 11) is -1.80. The Morgan fingerprint density at radius 3 is 2.68 bits per heavy atom. The molecule has 1 unspecified atom stereocenters. The Balaban J connectivity index is 0.00000274. The number of hydrogen-bond acceptors (Lipinski definition) is 4. The van der Waals surface area contributed by atoms with E-state index >= 15 is 4.39 Å². The summed E-state index contributed by atoms with van der Waals surface area (Å²) in [6, 6.07) is 10.6. The van der Waals surface area contributed by atoms with Crippen LogP contribution >= 0.6 is 23.2 Å². The number of rotatable bonds is 5. The zero-order valence-electron chi connectivity index (χ0n) is 17.8. The minimum Gasteiger partial charge on any atom is -0.383 e. The van der Waals surface area contributed by atoms with Gasteiger partial charge in [0.15, 0.2) is 0 Å². The first kappa shape index (κ1) is 25.5. The molecule has 1 aliphatic carbocycles. The van der Waals surface area contributed by atoms with Crippen LogP contribution in [0.1, 0.15) is 31.7 Å². The van der Waals surface area contributed by atoms with E-state index < -0.39 is 16.8 Å². The van der Waals surface area contributed by atoms with E-state index in [1.165, 1.54) is 43.4 Å². The molecule has 174 valence electrons. The first-order chi connectivity index (χ1) is 15.9. The second kappa shape index (κ2) is 10.6. The van der Waals surface area contributed by atoms with Gasteiger partial charge in [0.25, 0.3) is 0 Å². The maximum absolute atomic E-state index is 15.1. The summed E-state index contributed by atoms with van der Waals surface area (Å²) in [5.41, 5.74) is 8.41. The molecule has 0 radical (unpaired) electrons. The largest absolute Gasteiger partial charge is 0.383 e. The molecule has 1 atom stereocenters. The van der Waals surface area contributed by atoms with Crippen LogP contribution in [0.15, 0.2) is 47.8 Å². The van der Waals surface area contributed by atoms with Gasteiger partial charge in [-0.15, -0.1) is 29.3 Å². The van der Waals surface area contributed by atoms with Crippen molar-refractivity contribution in [3.8, 4) is 11.1 Å². The summed E-state index contributed by atoms with van der Waals surface area (Å²) in [6.45, 7) is 0. The third-order valence-corrected chi connectivity index (χ3v) is 7.65. The number of nitrogens with zero attached hydrogens (tertiary/aromatic N) is 3. The van der Waals surface area contributed by atoms with Crippen LogP contribution < -0.4 is 10.5 Å². The van der Waals surface area contributed by atoms with E-state index in [4.69, 9.17) is 28.9 Å². The molecule has 4 aromatic rings. The number of benzene rings is 2. The summed E-state index contributed by atoms with van der Waals surface area (Å²) < 4.78 is 32.5. The van der Waals surface area contributed by atoms with Gasteiger partial charge in [-0.25, -0.2) is 18.6 Å². The molecule has 0 aliphatic heterocycles. The van der Waals surface area contributed by atoms with Gasteiger partial charge in [0.05, 0.1) is 22.1 Å². The van der Waals surface area contributed by atoms with Gasteiger partial charge in [-0.05, 0) is 40.5 Å². The van der Waals surface area contributed by atoms with Crippen LogP contribution in [-0.2, 0) is 11.0 Å². The Hall–Kier alpha value is -1.63. The van der Waals surface area contributed by atoms with Gasteiger partial charge < -0.3 is 15.0 Å². The second-order valence-electron chi connectivity index (χ2n) is 7.90. The molecule has 5 rings (SSSR count). The van der Waals surface area contributed by atoms with Crippen LogP contribution in [-0.4, -0.2) is 18.7 Å². The average molecular weight is 741 g/mol. The molecule has 0 amide bonds. The minimum absolute atomic E-state index is 0. The van der Waals surface area contributed by atoms with Gasteiger partial charge in [0.2, 0.25) is 0 Å². The summed E-state index contributed by atoms with van der Waals surface area (Å²) in [5, 5.41) is 1.21. The van der Waals surface area contributed by atoms with Crippen molar-refractivity contribution in [3.63, 3.8) is 0 Å². The fourth-order valence-electron chi connectivity index (χ4n) is 4.28. The molecule has 0 spiro atoms. The van der Waals surface area contributed by atoms with Crippen LogP contribution in [0.4, 0.5) is 15.9 Å². The van der Waals surface area contributed by atoms with Crippen molar-refractivity contribution in [1.82, 2.24) is 14.5 Å². The van der Waals surface area contributed by atoms with Gasteiger partial charge in [0.1, 0.15) is 23.6 Å². The number of nitrogens with two attached hydrogens (primary N) is 1. The molecular formula is C23H19Cl2FN5OSU-. The monoisotopic (exact) mass is 740 g/mol. The fourth-order valence-corrected chi connectivity index (χ4v) is 5.75. The van der Waals surface area contributed by atoms with Gasteiger partial charge in [-0.2, -0.15) is 12.1 Å². The first-order valence-corrected chi connectivity index (χ1v) is 12.3. The number of anilines is 2. The molecule has 0 bridgehead atoms. The number of nitrogens with one attached hydrogen (secondary N) is 1. The smallest absolute Gasteiger partial charge is 0.147 e. The SMILES string of the molecule is Nc1ncnc2c1c(-c1ccc(NS(=O)c3c[c-]c(Cl)cc3Cl)c(F)c1)cn2C1CCCC1.[U]. The number of halogens is 3. The van der Waals surface area contributed by atoms with Crippen LogP contribution in [0.3, 0.4) is 0 Å². The molecule has 1 saturated carbocycles. The van der Waals surface area contributed by atoms with E-state index in [0.717, 1.165) is 24.1 Å². The summed E-state index contributed by atoms with van der Waals surface area (Å²) in [5.74, 6) is -0.212. The Bertz CT molecular complexity index is 1390. The molecule has 2 heterocycles. The van der Waals surface area contributed by atoms with Crippen LogP contribution in [0.2, 0.25) is 10.0 Å². The summed E-state index contributed by atoms with van der Waals surface area (Å²) in [6.07, 6.45) is 7.91. The number of fused-ring (bicyclic) bond motifs is 1. The Morgan fingerprint density at radius 2 is 1.97 bits per heavy atom. The van der Waals surface area contributed by atoms with E-state index in [0.29, 0.717) is 27.8 Å². The van der Waals surface area contributed by atoms with Gasteiger partial charge in [-0.3, -0.25) is 0 Å². The molecule has 11 heteroatoms. The van der Waals surface area contributed by atoms with Crippen molar-refractivity contribution in [2.24, 2.45) is 0 Å². The average Bonchev–Trinajstić information content (AvgIpc) is 3.43. The Kier molecular flexibility index (Phi) is 7.90. The molecule has 2 aromatic carbocycles. The molecule has 0 saturated heterocycles. The van der Waals surface area contributed by atoms with E-state index in [2.05, 4.69) is 25.3 Å². The normalized spacial score (nSPS) is 14.8. The standard InChI is InChI=1S/C23H19Cl2FN5OS.U/c24-14-6-8-20(17(25)10-14)33(32)30-19-7-5-13(9-18(19)26)16-11-31(15-3-1-2-4-15)23-21(16)22(27)28-12-29-23;/h5,7-12,15,30H,1-4H2,(H2,27,28,29);/q-1;. The first-order valence-electron chi connectivity index (χ1n) is 10.4. The molecule has 3 N–H and O–H groups in total. The van der Waals surface area contributed by atoms with Crippen LogP contribution in [0, 0.1) is 43.0 Å². The maximum atomic E-state index is 15.1. The van der Waals surface area contributed by atoms with Crippen molar-refractivity contribution in [1.29, 1.82) is 0 Å². The number of hydrogen-bond donors (Lipinski definition) is 2. The van der Waals surface area contributed by atoms with E-state index in [9.17, 15) is 4.21 Å². The fraction of sp³-hybridized carbons (Fsp3) is 0.217. The van der Waals surface area contributed by atoms with E-state index in [-0.39, 0.29) is 46.7 Å².